The van der Waals surface area contributed by atoms with Gasteiger partial charge in [0.05, 0.1) is 37.1 Å². The van der Waals surface area contributed by atoms with Crippen molar-refractivity contribution in [1.29, 1.82) is 0 Å². The number of anilines is 2. The lowest BCUT2D eigenvalue weighted by Crippen LogP contribution is -2.56. The molecule has 3 atom stereocenters. The number of rotatable bonds is 8. The van der Waals surface area contributed by atoms with Crippen LogP contribution in [0.1, 0.15) is 11.3 Å². The molecule has 2 fully saturated rings. The highest BCUT2D eigenvalue weighted by molar-refractivity contribution is 6.36. The first kappa shape index (κ1) is 31.0. The first-order valence-electron chi connectivity index (χ1n) is 15.2. The van der Waals surface area contributed by atoms with Crippen LogP contribution < -0.4 is 14.5 Å². The van der Waals surface area contributed by atoms with Gasteiger partial charge >= 0.3 is 6.01 Å². The highest BCUT2D eigenvalue weighted by Gasteiger charge is 2.36. The first-order chi connectivity index (χ1) is 21.8. The molecule has 3 aliphatic heterocycles. The normalized spacial score (nSPS) is 21.6. The third kappa shape index (κ3) is 6.15. The van der Waals surface area contributed by atoms with Gasteiger partial charge < -0.3 is 33.9 Å². The van der Waals surface area contributed by atoms with Gasteiger partial charge in [-0.1, -0.05) is 36.4 Å². The van der Waals surface area contributed by atoms with E-state index in [2.05, 4.69) is 26.1 Å². The summed E-state index contributed by atoms with van der Waals surface area (Å²) in [5, 5.41) is 1.65. The molecule has 1 amide bonds. The predicted molar refractivity (Wildman–Crippen MR) is 172 cm³/mol. The summed E-state index contributed by atoms with van der Waals surface area (Å²) in [7, 11) is 4.08. The fourth-order valence-electron chi connectivity index (χ4n) is 6.69. The summed E-state index contributed by atoms with van der Waals surface area (Å²) in [6.07, 6.45) is 1.95. The molecule has 0 radical (unpaired) electrons. The van der Waals surface area contributed by atoms with E-state index in [4.69, 9.17) is 37.6 Å². The summed E-state index contributed by atoms with van der Waals surface area (Å²) < 4.78 is 26.6. The van der Waals surface area contributed by atoms with Crippen molar-refractivity contribution in [2.45, 2.75) is 25.0 Å². The molecule has 3 aliphatic rings. The second-order valence-corrected chi connectivity index (χ2v) is 12.4. The Morgan fingerprint density at radius 2 is 2.07 bits per heavy atom. The van der Waals surface area contributed by atoms with E-state index >= 15 is 0 Å². The van der Waals surface area contributed by atoms with Gasteiger partial charge in [0.1, 0.15) is 17.7 Å². The zero-order chi connectivity index (χ0) is 31.7. The molecule has 12 heteroatoms. The second-order valence-electron chi connectivity index (χ2n) is 12.0. The van der Waals surface area contributed by atoms with Crippen LogP contribution in [0.4, 0.5) is 15.9 Å². The Kier molecular flexibility index (Phi) is 9.08. The monoisotopic (exact) mass is 633 g/mol. The van der Waals surface area contributed by atoms with Crippen LogP contribution in [-0.4, -0.2) is 104 Å². The van der Waals surface area contributed by atoms with Crippen molar-refractivity contribution in [3.05, 3.63) is 76.5 Å². The average molecular weight is 634 g/mol. The molecule has 0 saturated carbocycles. The van der Waals surface area contributed by atoms with Gasteiger partial charge in [-0.05, 0) is 44.1 Å². The van der Waals surface area contributed by atoms with Gasteiger partial charge in [-0.2, -0.15) is 9.97 Å². The highest BCUT2D eigenvalue weighted by Crippen LogP contribution is 2.38. The molecule has 4 heterocycles. The van der Waals surface area contributed by atoms with Crippen molar-refractivity contribution in [2.75, 3.05) is 76.4 Å². The van der Waals surface area contributed by atoms with Gasteiger partial charge in [0.2, 0.25) is 12.5 Å². The molecule has 2 saturated heterocycles. The number of carbonyl (C=O) groups excluding carboxylic acids is 1. The van der Waals surface area contributed by atoms with Gasteiger partial charge in [0, 0.05) is 54.8 Å². The maximum Gasteiger partial charge on any atom is 0.318 e. The number of hydrogen-bond donors (Lipinski definition) is 0. The number of halogens is 2. The number of carbonyl (C=O) groups is 1. The van der Waals surface area contributed by atoms with Crippen LogP contribution in [0, 0.1) is 18.3 Å². The van der Waals surface area contributed by atoms with E-state index < -0.39 is 5.82 Å². The van der Waals surface area contributed by atoms with Crippen molar-refractivity contribution >= 4 is 39.8 Å². The molecular weight excluding hydrogens is 597 g/mol. The molecule has 10 nitrogen and oxygen atoms in total. The minimum absolute atomic E-state index is 0.105. The number of amides is 1. The summed E-state index contributed by atoms with van der Waals surface area (Å²) >= 11 is 6.50. The van der Waals surface area contributed by atoms with Crippen LogP contribution in [0.15, 0.2) is 43.0 Å². The van der Waals surface area contributed by atoms with E-state index in [0.717, 1.165) is 28.1 Å². The molecule has 1 unspecified atom stereocenters. The minimum atomic E-state index is -0.454. The second kappa shape index (κ2) is 13.2. The number of likely N-dealkylation sites (N-methyl/N-ethyl adjacent to an activating group) is 1. The number of nitrogens with zero attached hydrogens (tertiary/aromatic N) is 7. The lowest BCUT2D eigenvalue weighted by Gasteiger charge is -2.41. The fraction of sp³-hybridized carbons (Fsp3) is 0.455. The average Bonchev–Trinajstić information content (AvgIpc) is 3.53. The molecule has 6 rings (SSSR count). The minimum Gasteiger partial charge on any atom is -0.463 e. The van der Waals surface area contributed by atoms with E-state index in [9.17, 15) is 9.18 Å². The smallest absolute Gasteiger partial charge is 0.318 e. The van der Waals surface area contributed by atoms with Crippen LogP contribution in [0.3, 0.4) is 0 Å². The van der Waals surface area contributed by atoms with Gasteiger partial charge in [-0.25, -0.2) is 11.0 Å². The van der Waals surface area contributed by atoms with Crippen molar-refractivity contribution in [1.82, 2.24) is 19.8 Å². The summed E-state index contributed by atoms with van der Waals surface area (Å²) in [5.41, 5.74) is 2.68. The maximum atomic E-state index is 14.6. The Morgan fingerprint density at radius 3 is 2.84 bits per heavy atom. The van der Waals surface area contributed by atoms with Crippen LogP contribution in [0.5, 0.6) is 6.01 Å². The molecule has 45 heavy (non-hydrogen) atoms. The third-order valence-corrected chi connectivity index (χ3v) is 9.44. The lowest BCUT2D eigenvalue weighted by atomic mass is 10.0. The molecule has 0 bridgehead atoms. The Labute approximate surface area is 267 Å². The molecular formula is C33H37ClFN7O3. The van der Waals surface area contributed by atoms with Gasteiger partial charge in [-0.15, -0.1) is 0 Å². The van der Waals surface area contributed by atoms with Crippen molar-refractivity contribution in [3.63, 3.8) is 0 Å². The molecule has 1 aromatic heterocycles. The molecule has 2 aromatic carbocycles. The quantitative estimate of drug-likeness (QED) is 0.272. The number of benzene rings is 2. The zero-order valence-electron chi connectivity index (χ0n) is 25.6. The fourth-order valence-corrected chi connectivity index (χ4v) is 6.96. The summed E-state index contributed by atoms with van der Waals surface area (Å²) in [4.78, 5) is 34.2. The Bertz CT molecular complexity index is 1650. The van der Waals surface area contributed by atoms with E-state index in [1.807, 2.05) is 32.3 Å². The molecule has 0 spiro atoms. The van der Waals surface area contributed by atoms with Crippen molar-refractivity contribution in [2.24, 2.45) is 5.92 Å². The lowest BCUT2D eigenvalue weighted by molar-refractivity contribution is -0.128. The Balaban J connectivity index is 1.35. The van der Waals surface area contributed by atoms with Gasteiger partial charge in [-0.3, -0.25) is 4.79 Å². The molecule has 0 N–H and O–H groups in total. The van der Waals surface area contributed by atoms with Gasteiger partial charge in [0.15, 0.2) is 0 Å². The Morgan fingerprint density at radius 1 is 1.22 bits per heavy atom. The van der Waals surface area contributed by atoms with Crippen molar-refractivity contribution in [3.8, 4) is 6.01 Å². The number of fused-ring (bicyclic) bond motifs is 2. The maximum absolute atomic E-state index is 14.6. The Hall–Kier alpha value is -3.98. The summed E-state index contributed by atoms with van der Waals surface area (Å²) in [5.74, 6) is 0.310. The largest absolute Gasteiger partial charge is 0.463 e. The number of piperazine rings is 1. The van der Waals surface area contributed by atoms with Crippen LogP contribution in [-0.2, 0) is 22.5 Å². The molecule has 0 aliphatic carbocycles. The molecule has 236 valence electrons. The van der Waals surface area contributed by atoms with E-state index in [1.165, 1.54) is 12.1 Å². The number of hydrogen-bond acceptors (Lipinski definition) is 8. The number of ether oxygens (including phenoxy) is 2. The van der Waals surface area contributed by atoms with Crippen LogP contribution in [0.25, 0.3) is 15.6 Å². The third-order valence-electron chi connectivity index (χ3n) is 9.07. The van der Waals surface area contributed by atoms with Crippen LogP contribution >= 0.6 is 11.6 Å². The molecule has 3 aromatic rings. The zero-order valence-corrected chi connectivity index (χ0v) is 26.3. The summed E-state index contributed by atoms with van der Waals surface area (Å²) in [6, 6.07) is 9.21. The summed E-state index contributed by atoms with van der Waals surface area (Å²) in [6.45, 7) is 15.6. The topological polar surface area (TPSA) is 78.6 Å². The number of aromatic nitrogens is 2. The van der Waals surface area contributed by atoms with E-state index in [-0.39, 0.29) is 41.5 Å². The highest BCUT2D eigenvalue weighted by atomic mass is 35.5. The van der Waals surface area contributed by atoms with E-state index in [1.54, 1.807) is 11.0 Å². The van der Waals surface area contributed by atoms with Gasteiger partial charge in [0.25, 0.3) is 0 Å². The van der Waals surface area contributed by atoms with E-state index in [0.29, 0.717) is 64.4 Å². The van der Waals surface area contributed by atoms with Crippen molar-refractivity contribution < 1.29 is 18.7 Å². The van der Waals surface area contributed by atoms with Crippen LogP contribution in [0.2, 0.25) is 5.02 Å². The standard InChI is InChI=1S/C33H37ClFN7O3/c1-5-29(43)42-14-13-41(16-23(42)15-36-2)32-24-11-12-40(27-8-6-7-21-9-10-25(35)31(34)30(21)27)17-26(24)37-33(38-32)45-19-22-18-44-20-28(22)39(3)4/h5-10,22-23,28H,1,11-20H2,3-4H3/t22-,23?,28-/m0/s1. The first-order valence-corrected chi connectivity index (χ1v) is 15.6. The SMILES string of the molecule is [C-]#[N+]CC1CN(c2nc(OC[C@@H]3COC[C@@H]3N(C)C)nc3c2CCN(c2cccc4ccc(F)c(Cl)c24)C3)CCN1C(=O)C=C. The predicted octanol–water partition coefficient (Wildman–Crippen LogP) is 4.06.